The van der Waals surface area contributed by atoms with Crippen molar-refractivity contribution in [3.8, 4) is 0 Å². The summed E-state index contributed by atoms with van der Waals surface area (Å²) in [6.45, 7) is 0.355. The van der Waals surface area contributed by atoms with Crippen molar-refractivity contribution in [1.29, 1.82) is 0 Å². The molecule has 0 spiro atoms. The maximum atomic E-state index is 13.4. The second kappa shape index (κ2) is 8.36. The molecule has 0 aliphatic carbocycles. The summed E-state index contributed by atoms with van der Waals surface area (Å²) in [5, 5.41) is 4.27. The average Bonchev–Trinajstić information content (AvgIpc) is 2.72. The summed E-state index contributed by atoms with van der Waals surface area (Å²) in [6.07, 6.45) is 0.494. The van der Waals surface area contributed by atoms with Gasteiger partial charge in [0.25, 0.3) is 11.8 Å². The first kappa shape index (κ1) is 20.2. The molecule has 30 heavy (non-hydrogen) atoms. The number of nitrogens with one attached hydrogen (secondary N) is 1. The van der Waals surface area contributed by atoms with E-state index in [1.807, 2.05) is 12.1 Å². The first-order valence-electron chi connectivity index (χ1n) is 9.53. The molecule has 0 fully saturated rings. The normalized spacial score (nSPS) is 13.1. The van der Waals surface area contributed by atoms with Crippen molar-refractivity contribution in [2.45, 2.75) is 19.4 Å². The number of halogens is 2. The number of carbonyl (C=O) groups is 3. The van der Waals surface area contributed by atoms with Crippen LogP contribution in [0.1, 0.15) is 39.1 Å². The van der Waals surface area contributed by atoms with Gasteiger partial charge in [-0.1, -0.05) is 40.2 Å². The molecule has 0 saturated carbocycles. The van der Waals surface area contributed by atoms with Gasteiger partial charge in [-0.2, -0.15) is 0 Å². The minimum absolute atomic E-state index is 0.152. The van der Waals surface area contributed by atoms with E-state index >= 15 is 0 Å². The SMILES string of the molecule is O=C(CCCN1C(=O)c2cccc3cccc(c23)C1=O)NCc1cc(F)cc(Br)c1. The van der Waals surface area contributed by atoms with Gasteiger partial charge in [0, 0.05) is 40.5 Å². The zero-order valence-electron chi connectivity index (χ0n) is 16.0. The molecule has 1 N–H and O–H groups in total. The van der Waals surface area contributed by atoms with Crippen LogP contribution in [0.5, 0.6) is 0 Å². The molecule has 3 aromatic rings. The molecule has 0 saturated heterocycles. The molecule has 7 heteroatoms. The van der Waals surface area contributed by atoms with Gasteiger partial charge >= 0.3 is 0 Å². The summed E-state index contributed by atoms with van der Waals surface area (Å²) in [5.74, 6) is -1.29. The largest absolute Gasteiger partial charge is 0.352 e. The van der Waals surface area contributed by atoms with E-state index in [1.165, 1.54) is 17.0 Å². The Labute approximate surface area is 181 Å². The van der Waals surface area contributed by atoms with Gasteiger partial charge in [-0.3, -0.25) is 19.3 Å². The molecule has 1 heterocycles. The zero-order chi connectivity index (χ0) is 21.3. The first-order valence-corrected chi connectivity index (χ1v) is 10.3. The highest BCUT2D eigenvalue weighted by atomic mass is 79.9. The number of imide groups is 1. The quantitative estimate of drug-likeness (QED) is 0.544. The van der Waals surface area contributed by atoms with Gasteiger partial charge in [-0.25, -0.2) is 4.39 Å². The van der Waals surface area contributed by atoms with Crippen molar-refractivity contribution in [3.05, 3.63) is 81.6 Å². The Bertz CT molecular complexity index is 1110. The van der Waals surface area contributed by atoms with Gasteiger partial charge in [0.1, 0.15) is 5.82 Å². The molecule has 0 unspecified atom stereocenters. The predicted octanol–water partition coefficient (Wildman–Crippen LogP) is 4.43. The molecule has 0 atom stereocenters. The Balaban J connectivity index is 1.37. The number of hydrogen-bond acceptors (Lipinski definition) is 3. The van der Waals surface area contributed by atoms with Gasteiger partial charge in [-0.15, -0.1) is 0 Å². The minimum atomic E-state index is -0.383. The number of amides is 3. The second-order valence-electron chi connectivity index (χ2n) is 7.13. The fourth-order valence-corrected chi connectivity index (χ4v) is 4.20. The van der Waals surface area contributed by atoms with Crippen molar-refractivity contribution in [3.63, 3.8) is 0 Å². The molecule has 3 aromatic carbocycles. The molecule has 0 bridgehead atoms. The summed E-state index contributed by atoms with van der Waals surface area (Å²) in [5.41, 5.74) is 1.65. The molecule has 1 aliphatic rings. The Morgan fingerprint density at radius 2 is 1.67 bits per heavy atom. The summed E-state index contributed by atoms with van der Waals surface area (Å²) < 4.78 is 14.0. The van der Waals surface area contributed by atoms with E-state index in [1.54, 1.807) is 30.3 Å². The molecule has 0 aromatic heterocycles. The third kappa shape index (κ3) is 3.98. The van der Waals surface area contributed by atoms with Crippen molar-refractivity contribution in [2.75, 3.05) is 6.54 Å². The topological polar surface area (TPSA) is 66.5 Å². The fraction of sp³-hybridized carbons (Fsp3) is 0.174. The van der Waals surface area contributed by atoms with E-state index in [0.29, 0.717) is 33.0 Å². The van der Waals surface area contributed by atoms with Crippen molar-refractivity contribution in [1.82, 2.24) is 10.2 Å². The number of carbonyl (C=O) groups excluding carboxylic acids is 3. The number of rotatable bonds is 6. The van der Waals surface area contributed by atoms with E-state index in [-0.39, 0.29) is 43.0 Å². The van der Waals surface area contributed by atoms with E-state index in [2.05, 4.69) is 21.2 Å². The molecular weight excluding hydrogens is 451 g/mol. The van der Waals surface area contributed by atoms with Gasteiger partial charge in [-0.05, 0) is 47.7 Å². The lowest BCUT2D eigenvalue weighted by atomic mass is 9.94. The number of benzene rings is 3. The molecule has 0 radical (unpaired) electrons. The van der Waals surface area contributed by atoms with E-state index < -0.39 is 0 Å². The van der Waals surface area contributed by atoms with Crippen LogP contribution in [0.25, 0.3) is 10.8 Å². The molecule has 5 nitrogen and oxygen atoms in total. The monoisotopic (exact) mass is 468 g/mol. The van der Waals surface area contributed by atoms with Gasteiger partial charge in [0.2, 0.25) is 5.91 Å². The lowest BCUT2D eigenvalue weighted by Gasteiger charge is -2.27. The van der Waals surface area contributed by atoms with Gasteiger partial charge < -0.3 is 5.32 Å². The standard InChI is InChI=1S/C23H18BrFN2O3/c24-16-10-14(11-17(25)12-16)13-26-20(28)8-3-9-27-22(29)18-6-1-4-15-5-2-7-19(21(15)18)23(27)30/h1-2,4-7,10-12H,3,8-9,13H2,(H,26,28). The molecule has 152 valence electrons. The van der Waals surface area contributed by atoms with Crippen LogP contribution in [0.2, 0.25) is 0 Å². The second-order valence-corrected chi connectivity index (χ2v) is 8.04. The Hall–Kier alpha value is -3.06. The Morgan fingerprint density at radius 1 is 1.00 bits per heavy atom. The Kier molecular flexibility index (Phi) is 5.63. The van der Waals surface area contributed by atoms with E-state index in [4.69, 9.17) is 0 Å². The summed E-state index contributed by atoms with van der Waals surface area (Å²) in [7, 11) is 0. The molecule has 3 amide bonds. The highest BCUT2D eigenvalue weighted by Crippen LogP contribution is 2.30. The Morgan fingerprint density at radius 3 is 2.30 bits per heavy atom. The maximum Gasteiger partial charge on any atom is 0.261 e. The third-order valence-electron chi connectivity index (χ3n) is 5.05. The lowest BCUT2D eigenvalue weighted by Crippen LogP contribution is -2.41. The number of nitrogens with zero attached hydrogens (tertiary/aromatic N) is 1. The maximum absolute atomic E-state index is 13.4. The van der Waals surface area contributed by atoms with Crippen LogP contribution in [0.15, 0.2) is 59.1 Å². The van der Waals surface area contributed by atoms with Crippen LogP contribution < -0.4 is 5.32 Å². The van der Waals surface area contributed by atoms with E-state index in [9.17, 15) is 18.8 Å². The van der Waals surface area contributed by atoms with Crippen molar-refractivity contribution in [2.24, 2.45) is 0 Å². The lowest BCUT2D eigenvalue weighted by molar-refractivity contribution is -0.121. The van der Waals surface area contributed by atoms with Crippen LogP contribution in [-0.4, -0.2) is 29.2 Å². The smallest absolute Gasteiger partial charge is 0.261 e. The highest BCUT2D eigenvalue weighted by Gasteiger charge is 2.32. The molecule has 4 rings (SSSR count). The van der Waals surface area contributed by atoms with Crippen LogP contribution >= 0.6 is 15.9 Å². The van der Waals surface area contributed by atoms with Crippen molar-refractivity contribution >= 4 is 44.4 Å². The highest BCUT2D eigenvalue weighted by molar-refractivity contribution is 9.10. The zero-order valence-corrected chi connectivity index (χ0v) is 17.5. The third-order valence-corrected chi connectivity index (χ3v) is 5.51. The molecular formula is C23H18BrFN2O3. The summed E-state index contributed by atoms with van der Waals surface area (Å²) >= 11 is 3.22. The molecule has 1 aliphatic heterocycles. The van der Waals surface area contributed by atoms with Gasteiger partial charge in [0.05, 0.1) is 0 Å². The van der Waals surface area contributed by atoms with Crippen LogP contribution in [0.3, 0.4) is 0 Å². The van der Waals surface area contributed by atoms with E-state index in [0.717, 1.165) is 5.39 Å². The van der Waals surface area contributed by atoms with Crippen molar-refractivity contribution < 1.29 is 18.8 Å². The van der Waals surface area contributed by atoms with Gasteiger partial charge in [0.15, 0.2) is 0 Å². The van der Waals surface area contributed by atoms with Crippen LogP contribution in [0.4, 0.5) is 4.39 Å². The summed E-state index contributed by atoms with van der Waals surface area (Å²) in [6, 6.07) is 15.2. The minimum Gasteiger partial charge on any atom is -0.352 e. The average molecular weight is 469 g/mol. The van der Waals surface area contributed by atoms with Crippen LogP contribution in [0, 0.1) is 5.82 Å². The number of hydrogen-bond donors (Lipinski definition) is 1. The van der Waals surface area contributed by atoms with Crippen LogP contribution in [-0.2, 0) is 11.3 Å². The fourth-order valence-electron chi connectivity index (χ4n) is 3.68. The predicted molar refractivity (Wildman–Crippen MR) is 114 cm³/mol. The summed E-state index contributed by atoms with van der Waals surface area (Å²) in [4.78, 5) is 39.0. The first-order chi connectivity index (χ1) is 14.4.